The van der Waals surface area contributed by atoms with Gasteiger partial charge in [-0.2, -0.15) is 5.26 Å². The predicted octanol–water partition coefficient (Wildman–Crippen LogP) is 3.74. The van der Waals surface area contributed by atoms with Crippen LogP contribution in [0.3, 0.4) is 0 Å². The van der Waals surface area contributed by atoms with Crippen LogP contribution in [0, 0.1) is 11.3 Å². The number of rotatable bonds is 3. The summed E-state index contributed by atoms with van der Waals surface area (Å²) in [5.74, 6) is 2.23. The Labute approximate surface area is 116 Å². The van der Waals surface area contributed by atoms with Crippen molar-refractivity contribution in [1.82, 2.24) is 9.97 Å². The van der Waals surface area contributed by atoms with E-state index in [0.717, 1.165) is 17.1 Å². The molecule has 3 aromatic rings. The Bertz CT molecular complexity index is 739. The van der Waals surface area contributed by atoms with Crippen LogP contribution in [0.25, 0.3) is 11.4 Å². The fourth-order valence-corrected chi connectivity index (χ4v) is 1.83. The van der Waals surface area contributed by atoms with Gasteiger partial charge >= 0.3 is 0 Å². The maximum atomic E-state index is 8.76. The molecule has 96 valence electrons. The molecule has 0 spiro atoms. The van der Waals surface area contributed by atoms with Gasteiger partial charge in [-0.3, -0.25) is 0 Å². The molecule has 20 heavy (non-hydrogen) atoms. The summed E-state index contributed by atoms with van der Waals surface area (Å²) in [4.78, 5) is 7.09. The Morgan fingerprint density at radius 3 is 2.30 bits per heavy atom. The minimum absolute atomic E-state index is 0.449. The van der Waals surface area contributed by atoms with Crippen LogP contribution >= 0.6 is 0 Å². The lowest BCUT2D eigenvalue weighted by atomic mass is 10.2. The molecular formula is C16H11N3O. The van der Waals surface area contributed by atoms with Gasteiger partial charge in [0.05, 0.1) is 6.20 Å². The Morgan fingerprint density at radius 2 is 1.65 bits per heavy atom. The Balaban J connectivity index is 1.79. The molecule has 0 aliphatic heterocycles. The first-order valence-corrected chi connectivity index (χ1v) is 6.13. The molecule has 0 fully saturated rings. The van der Waals surface area contributed by atoms with E-state index in [-0.39, 0.29) is 0 Å². The first kappa shape index (κ1) is 12.0. The lowest BCUT2D eigenvalue weighted by Gasteiger charge is -2.05. The van der Waals surface area contributed by atoms with Gasteiger partial charge in [-0.05, 0) is 36.4 Å². The number of imidazole rings is 1. The molecule has 4 nitrogen and oxygen atoms in total. The lowest BCUT2D eigenvalue weighted by molar-refractivity contribution is 0.483. The molecule has 4 heteroatoms. The number of ether oxygens (including phenoxy) is 1. The molecule has 2 aromatic carbocycles. The SMILES string of the molecule is N#Cc1cnc(-c2ccc(Oc3ccccc3)cc2)[nH]1. The first-order valence-electron chi connectivity index (χ1n) is 6.13. The van der Waals surface area contributed by atoms with Crippen molar-refractivity contribution in [2.45, 2.75) is 0 Å². The van der Waals surface area contributed by atoms with Gasteiger partial charge in [0.1, 0.15) is 29.1 Å². The predicted molar refractivity (Wildman–Crippen MR) is 75.3 cm³/mol. The zero-order valence-corrected chi connectivity index (χ0v) is 10.6. The lowest BCUT2D eigenvalue weighted by Crippen LogP contribution is -1.85. The Morgan fingerprint density at radius 1 is 0.950 bits per heavy atom. The Kier molecular flexibility index (Phi) is 3.17. The maximum absolute atomic E-state index is 8.76. The van der Waals surface area contributed by atoms with Gasteiger partial charge in [0.25, 0.3) is 0 Å². The monoisotopic (exact) mass is 261 g/mol. The molecule has 1 N–H and O–H groups in total. The summed E-state index contributed by atoms with van der Waals surface area (Å²) in [7, 11) is 0. The number of aromatic nitrogens is 2. The van der Waals surface area contributed by atoms with Crippen LogP contribution in [0.1, 0.15) is 5.69 Å². The summed E-state index contributed by atoms with van der Waals surface area (Å²) >= 11 is 0. The van der Waals surface area contributed by atoms with Gasteiger partial charge < -0.3 is 9.72 Å². The summed E-state index contributed by atoms with van der Waals surface area (Å²) in [5.41, 5.74) is 1.36. The van der Waals surface area contributed by atoms with E-state index in [1.807, 2.05) is 60.7 Å². The van der Waals surface area contributed by atoms with Crippen molar-refractivity contribution >= 4 is 0 Å². The summed E-state index contributed by atoms with van der Waals surface area (Å²) in [6, 6.07) is 19.2. The second kappa shape index (κ2) is 5.29. The first-order chi connectivity index (χ1) is 9.85. The highest BCUT2D eigenvalue weighted by Crippen LogP contribution is 2.24. The standard InChI is InChI=1S/C16H11N3O/c17-10-13-11-18-16(19-13)12-6-8-15(9-7-12)20-14-4-2-1-3-5-14/h1-9,11H,(H,18,19). The third-order valence-electron chi connectivity index (χ3n) is 2.80. The van der Waals surface area contributed by atoms with E-state index in [0.29, 0.717) is 11.5 Å². The normalized spacial score (nSPS) is 9.95. The minimum Gasteiger partial charge on any atom is -0.457 e. The molecule has 0 atom stereocenters. The number of nitrogens with zero attached hydrogens (tertiary/aromatic N) is 2. The zero-order valence-electron chi connectivity index (χ0n) is 10.6. The van der Waals surface area contributed by atoms with Crippen molar-refractivity contribution in [3.63, 3.8) is 0 Å². The topological polar surface area (TPSA) is 61.7 Å². The van der Waals surface area contributed by atoms with Crippen LogP contribution in [0.2, 0.25) is 0 Å². The molecule has 0 unspecified atom stereocenters. The number of aromatic amines is 1. The highest BCUT2D eigenvalue weighted by Gasteiger charge is 2.03. The van der Waals surface area contributed by atoms with Crippen LogP contribution in [-0.4, -0.2) is 9.97 Å². The second-order valence-corrected chi connectivity index (χ2v) is 4.20. The quantitative estimate of drug-likeness (QED) is 0.781. The van der Waals surface area contributed by atoms with Crippen LogP contribution in [0.5, 0.6) is 11.5 Å². The number of hydrogen-bond acceptors (Lipinski definition) is 3. The largest absolute Gasteiger partial charge is 0.457 e. The van der Waals surface area contributed by atoms with Gasteiger partial charge in [0.2, 0.25) is 0 Å². The minimum atomic E-state index is 0.449. The van der Waals surface area contributed by atoms with Crippen molar-refractivity contribution in [3.8, 4) is 29.0 Å². The van der Waals surface area contributed by atoms with E-state index in [1.165, 1.54) is 6.20 Å². The summed E-state index contributed by atoms with van der Waals surface area (Å²) in [6.45, 7) is 0. The molecule has 0 saturated heterocycles. The number of H-pyrrole nitrogens is 1. The number of nitrogens with one attached hydrogen (secondary N) is 1. The van der Waals surface area contributed by atoms with Gasteiger partial charge in [0, 0.05) is 5.56 Å². The molecular weight excluding hydrogens is 250 g/mol. The van der Waals surface area contributed by atoms with E-state index in [9.17, 15) is 0 Å². The fraction of sp³-hybridized carbons (Fsp3) is 0. The Hall–Kier alpha value is -3.06. The smallest absolute Gasteiger partial charge is 0.138 e. The molecule has 0 amide bonds. The third-order valence-corrected chi connectivity index (χ3v) is 2.80. The summed E-state index contributed by atoms with van der Waals surface area (Å²) < 4.78 is 5.71. The molecule has 1 aromatic heterocycles. The van der Waals surface area contributed by atoms with Crippen molar-refractivity contribution in [1.29, 1.82) is 5.26 Å². The van der Waals surface area contributed by atoms with E-state index >= 15 is 0 Å². The van der Waals surface area contributed by atoms with Crippen LogP contribution in [0.4, 0.5) is 0 Å². The van der Waals surface area contributed by atoms with E-state index in [1.54, 1.807) is 0 Å². The van der Waals surface area contributed by atoms with Gasteiger partial charge in [0.15, 0.2) is 0 Å². The van der Waals surface area contributed by atoms with Gasteiger partial charge in [-0.25, -0.2) is 4.98 Å². The molecule has 0 bridgehead atoms. The van der Waals surface area contributed by atoms with Crippen molar-refractivity contribution in [3.05, 3.63) is 66.5 Å². The van der Waals surface area contributed by atoms with E-state index < -0.39 is 0 Å². The molecule has 3 rings (SSSR count). The summed E-state index contributed by atoms with van der Waals surface area (Å²) in [6.07, 6.45) is 1.52. The fourth-order valence-electron chi connectivity index (χ4n) is 1.83. The number of hydrogen-bond donors (Lipinski definition) is 1. The molecule has 0 saturated carbocycles. The average Bonchev–Trinajstić information content (AvgIpc) is 2.98. The van der Waals surface area contributed by atoms with Gasteiger partial charge in [-0.15, -0.1) is 0 Å². The van der Waals surface area contributed by atoms with Crippen molar-refractivity contribution in [2.75, 3.05) is 0 Å². The van der Waals surface area contributed by atoms with Crippen molar-refractivity contribution in [2.24, 2.45) is 0 Å². The average molecular weight is 261 g/mol. The van der Waals surface area contributed by atoms with Crippen LogP contribution in [0.15, 0.2) is 60.8 Å². The number of para-hydroxylation sites is 1. The highest BCUT2D eigenvalue weighted by molar-refractivity contribution is 5.57. The molecule has 0 radical (unpaired) electrons. The number of benzene rings is 2. The van der Waals surface area contributed by atoms with E-state index in [4.69, 9.17) is 10.00 Å². The van der Waals surface area contributed by atoms with Gasteiger partial charge in [-0.1, -0.05) is 18.2 Å². The van der Waals surface area contributed by atoms with Crippen LogP contribution < -0.4 is 4.74 Å². The van der Waals surface area contributed by atoms with E-state index in [2.05, 4.69) is 9.97 Å². The maximum Gasteiger partial charge on any atom is 0.138 e. The number of nitriles is 1. The zero-order chi connectivity index (χ0) is 13.8. The summed E-state index contributed by atoms with van der Waals surface area (Å²) in [5, 5.41) is 8.76. The molecule has 0 aliphatic rings. The highest BCUT2D eigenvalue weighted by atomic mass is 16.5. The van der Waals surface area contributed by atoms with Crippen molar-refractivity contribution < 1.29 is 4.74 Å². The second-order valence-electron chi connectivity index (χ2n) is 4.20. The van der Waals surface area contributed by atoms with Crippen LogP contribution in [-0.2, 0) is 0 Å². The molecule has 1 heterocycles. The third kappa shape index (κ3) is 2.52. The molecule has 0 aliphatic carbocycles.